The molecule has 10 heteroatoms. The number of amides is 1. The third kappa shape index (κ3) is 5.89. The van der Waals surface area contributed by atoms with E-state index in [1.54, 1.807) is 18.6 Å². The molecule has 2 aromatic carbocycles. The quantitative estimate of drug-likeness (QED) is 0.204. The highest BCUT2D eigenvalue weighted by atomic mass is 79.9. The molecule has 1 amide bonds. The summed E-state index contributed by atoms with van der Waals surface area (Å²) in [5.41, 5.74) is 6.34. The largest absolute Gasteiger partial charge is 0.378 e. The number of hydrazone groups is 1. The van der Waals surface area contributed by atoms with Gasteiger partial charge in [0.15, 0.2) is 11.0 Å². The minimum absolute atomic E-state index is 0.141. The molecule has 4 aromatic rings. The summed E-state index contributed by atoms with van der Waals surface area (Å²) in [7, 11) is 3.97. The lowest BCUT2D eigenvalue weighted by Gasteiger charge is -2.11. The molecule has 4 rings (SSSR count). The van der Waals surface area contributed by atoms with Crippen LogP contribution in [0.4, 0.5) is 5.69 Å². The van der Waals surface area contributed by atoms with E-state index < -0.39 is 0 Å². The van der Waals surface area contributed by atoms with Crippen molar-refractivity contribution in [3.05, 3.63) is 83.1 Å². The van der Waals surface area contributed by atoms with Crippen LogP contribution < -0.4 is 10.3 Å². The fraction of sp³-hybridized carbons (Fsp3) is 0.125. The Hall–Kier alpha value is -3.50. The van der Waals surface area contributed by atoms with Crippen molar-refractivity contribution >= 4 is 45.5 Å². The van der Waals surface area contributed by atoms with Crippen molar-refractivity contribution in [2.24, 2.45) is 5.10 Å². The van der Waals surface area contributed by atoms with Gasteiger partial charge < -0.3 is 4.90 Å². The van der Waals surface area contributed by atoms with Crippen molar-refractivity contribution in [3.8, 4) is 17.1 Å². The standard InChI is InChI=1S/C24H22BrN7OS/c1-31(2)20-7-3-17(4-8-20)15-27-28-22(33)16-34-24-30-29-23(18-11-13-26-14-12-18)32(24)21-9-5-19(25)6-10-21/h3-15H,16H2,1-2H3,(H,28,33)/b27-15-. The summed E-state index contributed by atoms with van der Waals surface area (Å²) in [6.07, 6.45) is 5.04. The Kier molecular flexibility index (Phi) is 7.71. The second-order valence-corrected chi connectivity index (χ2v) is 9.28. The number of hydrogen-bond acceptors (Lipinski definition) is 7. The number of pyridine rings is 1. The molecule has 34 heavy (non-hydrogen) atoms. The Morgan fingerprint density at radius 3 is 2.44 bits per heavy atom. The monoisotopic (exact) mass is 535 g/mol. The van der Waals surface area contributed by atoms with Gasteiger partial charge in [-0.25, -0.2) is 5.43 Å². The minimum Gasteiger partial charge on any atom is -0.378 e. The molecule has 2 aromatic heterocycles. The van der Waals surface area contributed by atoms with Crippen LogP contribution in [0.2, 0.25) is 0 Å². The van der Waals surface area contributed by atoms with Gasteiger partial charge in [0.05, 0.1) is 12.0 Å². The van der Waals surface area contributed by atoms with Gasteiger partial charge in [-0.2, -0.15) is 5.10 Å². The topological polar surface area (TPSA) is 88.3 Å². The number of benzene rings is 2. The first kappa shape index (κ1) is 23.7. The summed E-state index contributed by atoms with van der Waals surface area (Å²) < 4.78 is 2.90. The molecule has 0 saturated heterocycles. The fourth-order valence-electron chi connectivity index (χ4n) is 3.07. The number of halogens is 1. The van der Waals surface area contributed by atoms with Gasteiger partial charge in [-0.05, 0) is 54.1 Å². The average Bonchev–Trinajstić information content (AvgIpc) is 3.28. The molecule has 8 nitrogen and oxygen atoms in total. The second-order valence-electron chi connectivity index (χ2n) is 7.42. The third-order valence-electron chi connectivity index (χ3n) is 4.80. The van der Waals surface area contributed by atoms with E-state index in [0.29, 0.717) is 11.0 Å². The van der Waals surface area contributed by atoms with Crippen molar-refractivity contribution in [2.75, 3.05) is 24.7 Å². The normalized spacial score (nSPS) is 11.0. The number of nitrogens with one attached hydrogen (secondary N) is 1. The highest BCUT2D eigenvalue weighted by Crippen LogP contribution is 2.28. The van der Waals surface area contributed by atoms with E-state index in [1.165, 1.54) is 11.8 Å². The molecule has 0 atom stereocenters. The molecule has 0 fully saturated rings. The molecule has 0 saturated carbocycles. The summed E-state index contributed by atoms with van der Waals surface area (Å²) in [5, 5.41) is 13.4. The SMILES string of the molecule is CN(C)c1ccc(/C=N\NC(=O)CSc2nnc(-c3ccncc3)n2-c2ccc(Br)cc2)cc1. The highest BCUT2D eigenvalue weighted by molar-refractivity contribution is 9.10. The van der Waals surface area contributed by atoms with Crippen molar-refractivity contribution in [1.82, 2.24) is 25.2 Å². The van der Waals surface area contributed by atoms with Gasteiger partial charge in [0.1, 0.15) is 0 Å². The van der Waals surface area contributed by atoms with Crippen LogP contribution in [0.15, 0.2) is 87.8 Å². The van der Waals surface area contributed by atoms with E-state index in [9.17, 15) is 4.79 Å². The molecule has 0 radical (unpaired) electrons. The Morgan fingerprint density at radius 2 is 1.76 bits per heavy atom. The lowest BCUT2D eigenvalue weighted by atomic mass is 10.2. The third-order valence-corrected chi connectivity index (χ3v) is 6.26. The maximum atomic E-state index is 12.4. The molecule has 0 aliphatic carbocycles. The van der Waals surface area contributed by atoms with Crippen molar-refractivity contribution < 1.29 is 4.79 Å². The van der Waals surface area contributed by atoms with E-state index >= 15 is 0 Å². The molecule has 172 valence electrons. The summed E-state index contributed by atoms with van der Waals surface area (Å²) in [6, 6.07) is 19.5. The van der Waals surface area contributed by atoms with Crippen LogP contribution >= 0.6 is 27.7 Å². The van der Waals surface area contributed by atoms with Crippen LogP contribution in [-0.4, -0.2) is 51.7 Å². The summed E-state index contributed by atoms with van der Waals surface area (Å²) >= 11 is 4.76. The molecule has 2 heterocycles. The summed E-state index contributed by atoms with van der Waals surface area (Å²) in [6.45, 7) is 0. The molecule has 0 spiro atoms. The molecule has 0 aliphatic heterocycles. The number of carbonyl (C=O) groups excluding carboxylic acids is 1. The lowest BCUT2D eigenvalue weighted by molar-refractivity contribution is -0.118. The van der Waals surface area contributed by atoms with Crippen molar-refractivity contribution in [1.29, 1.82) is 0 Å². The van der Waals surface area contributed by atoms with E-state index in [1.807, 2.05) is 84.2 Å². The molecule has 0 unspecified atom stereocenters. The molecular formula is C24H22BrN7OS. The van der Waals surface area contributed by atoms with Gasteiger partial charge in [0, 0.05) is 47.9 Å². The average molecular weight is 536 g/mol. The van der Waals surface area contributed by atoms with Crippen LogP contribution in [0.5, 0.6) is 0 Å². The van der Waals surface area contributed by atoms with Gasteiger partial charge in [0.25, 0.3) is 5.91 Å². The summed E-state index contributed by atoms with van der Waals surface area (Å²) in [5.74, 6) is 0.579. The smallest absolute Gasteiger partial charge is 0.250 e. The van der Waals surface area contributed by atoms with E-state index in [4.69, 9.17) is 0 Å². The second kappa shape index (κ2) is 11.1. The Morgan fingerprint density at radius 1 is 1.06 bits per heavy atom. The Balaban J connectivity index is 1.45. The number of anilines is 1. The predicted molar refractivity (Wildman–Crippen MR) is 140 cm³/mol. The van der Waals surface area contributed by atoms with Crippen molar-refractivity contribution in [3.63, 3.8) is 0 Å². The Bertz CT molecular complexity index is 1270. The van der Waals surface area contributed by atoms with Crippen LogP contribution in [0.1, 0.15) is 5.56 Å². The predicted octanol–water partition coefficient (Wildman–Crippen LogP) is 4.40. The minimum atomic E-state index is -0.234. The summed E-state index contributed by atoms with van der Waals surface area (Å²) in [4.78, 5) is 18.5. The zero-order chi connectivity index (χ0) is 23.9. The highest BCUT2D eigenvalue weighted by Gasteiger charge is 2.17. The fourth-order valence-corrected chi connectivity index (χ4v) is 4.08. The maximum absolute atomic E-state index is 12.4. The number of rotatable bonds is 8. The van der Waals surface area contributed by atoms with Gasteiger partial charge in [-0.15, -0.1) is 10.2 Å². The Labute approximate surface area is 210 Å². The van der Waals surface area contributed by atoms with E-state index in [-0.39, 0.29) is 11.7 Å². The van der Waals surface area contributed by atoms with Crippen LogP contribution in [-0.2, 0) is 4.79 Å². The first-order valence-corrected chi connectivity index (χ1v) is 12.1. The van der Waals surface area contributed by atoms with Crippen LogP contribution in [0, 0.1) is 0 Å². The van der Waals surface area contributed by atoms with E-state index in [2.05, 4.69) is 41.6 Å². The van der Waals surface area contributed by atoms with Gasteiger partial charge in [0.2, 0.25) is 0 Å². The number of nitrogens with zero attached hydrogens (tertiary/aromatic N) is 6. The maximum Gasteiger partial charge on any atom is 0.250 e. The van der Waals surface area contributed by atoms with Crippen LogP contribution in [0.25, 0.3) is 17.1 Å². The number of carbonyl (C=O) groups is 1. The number of hydrogen-bond donors (Lipinski definition) is 1. The van der Waals surface area contributed by atoms with Crippen molar-refractivity contribution in [2.45, 2.75) is 5.16 Å². The van der Waals surface area contributed by atoms with Gasteiger partial charge >= 0.3 is 0 Å². The number of thioether (sulfide) groups is 1. The first-order valence-electron chi connectivity index (χ1n) is 10.3. The van der Waals surface area contributed by atoms with Crippen LogP contribution in [0.3, 0.4) is 0 Å². The van der Waals surface area contributed by atoms with E-state index in [0.717, 1.165) is 27.0 Å². The molecular weight excluding hydrogens is 514 g/mol. The van der Waals surface area contributed by atoms with Gasteiger partial charge in [-0.3, -0.25) is 14.3 Å². The van der Waals surface area contributed by atoms with Gasteiger partial charge in [-0.1, -0.05) is 39.8 Å². The number of aromatic nitrogens is 4. The molecule has 0 aliphatic rings. The lowest BCUT2D eigenvalue weighted by Crippen LogP contribution is -2.20. The molecule has 0 bridgehead atoms. The first-order chi connectivity index (χ1) is 16.5. The zero-order valence-corrected chi connectivity index (χ0v) is 21.0. The molecule has 1 N–H and O–H groups in total. The zero-order valence-electron chi connectivity index (χ0n) is 18.6.